The van der Waals surface area contributed by atoms with Gasteiger partial charge in [-0.15, -0.1) is 0 Å². The summed E-state index contributed by atoms with van der Waals surface area (Å²) in [6.07, 6.45) is -3.34. The number of hydrogen-bond donors (Lipinski definition) is 2. The first-order valence-corrected chi connectivity index (χ1v) is 14.4. The van der Waals surface area contributed by atoms with Gasteiger partial charge in [0.1, 0.15) is 23.6 Å². The van der Waals surface area contributed by atoms with Crippen LogP contribution in [-0.2, 0) is 12.7 Å². The maximum absolute atomic E-state index is 15.0. The molecule has 2 N–H and O–H groups in total. The van der Waals surface area contributed by atoms with Crippen molar-refractivity contribution in [3.05, 3.63) is 76.9 Å². The number of hydrogen-bond acceptors (Lipinski definition) is 8. The number of ether oxygens (including phenoxy) is 2. The Hall–Kier alpha value is -4.49. The van der Waals surface area contributed by atoms with Crippen molar-refractivity contribution in [2.24, 2.45) is 0 Å². The predicted molar refractivity (Wildman–Crippen MR) is 164 cm³/mol. The van der Waals surface area contributed by atoms with E-state index in [0.717, 1.165) is 31.8 Å². The zero-order valence-corrected chi connectivity index (χ0v) is 25.4. The van der Waals surface area contributed by atoms with Crippen LogP contribution in [0.1, 0.15) is 34.0 Å². The summed E-state index contributed by atoms with van der Waals surface area (Å²) in [5, 5.41) is 5.95. The van der Waals surface area contributed by atoms with Crippen LogP contribution in [0, 0.1) is 12.7 Å². The van der Waals surface area contributed by atoms with E-state index < -0.39 is 29.0 Å². The molecule has 1 amide bonds. The molecular weight excluding hydrogens is 592 g/mol. The number of methoxy groups -OCH3 is 1. The lowest BCUT2D eigenvalue weighted by molar-refractivity contribution is -0.138. The molecule has 4 aromatic rings. The summed E-state index contributed by atoms with van der Waals surface area (Å²) in [6, 6.07) is 9.41. The van der Waals surface area contributed by atoms with E-state index in [0.29, 0.717) is 41.0 Å². The van der Waals surface area contributed by atoms with E-state index in [1.165, 1.54) is 31.6 Å². The molecule has 5 rings (SSSR count). The summed E-state index contributed by atoms with van der Waals surface area (Å²) in [4.78, 5) is 25.9. The maximum atomic E-state index is 15.0. The predicted octanol–water partition coefficient (Wildman–Crippen LogP) is 6.33. The van der Waals surface area contributed by atoms with Gasteiger partial charge in [0, 0.05) is 45.5 Å². The van der Waals surface area contributed by atoms with Crippen LogP contribution in [-0.4, -0.2) is 72.6 Å². The third-order valence-electron chi connectivity index (χ3n) is 7.88. The molecule has 1 fully saturated rings. The van der Waals surface area contributed by atoms with Crippen LogP contribution in [0.25, 0.3) is 10.9 Å². The molecule has 0 aliphatic carbocycles. The van der Waals surface area contributed by atoms with Crippen LogP contribution in [0.15, 0.2) is 48.8 Å². The lowest BCUT2D eigenvalue weighted by atomic mass is 10.0. The summed E-state index contributed by atoms with van der Waals surface area (Å²) in [5.74, 6) is -0.994. The number of carbonyl (C=O) groups is 1. The number of carbonyl (C=O) groups excluding carboxylic acids is 1. The van der Waals surface area contributed by atoms with Crippen molar-refractivity contribution in [1.82, 2.24) is 19.8 Å². The average Bonchev–Trinajstić information content (AvgIpc) is 3.02. The van der Waals surface area contributed by atoms with Crippen molar-refractivity contribution in [3.63, 3.8) is 0 Å². The summed E-state index contributed by atoms with van der Waals surface area (Å²) < 4.78 is 68.8. The minimum Gasteiger partial charge on any atom is -0.495 e. The van der Waals surface area contributed by atoms with Crippen molar-refractivity contribution in [1.29, 1.82) is 0 Å². The molecule has 0 spiro atoms. The van der Waals surface area contributed by atoms with E-state index >= 15 is 4.39 Å². The first-order chi connectivity index (χ1) is 21.5. The number of fused-ring (bicyclic) bond motifs is 1. The molecular formula is C32H34F4N6O3. The molecule has 0 radical (unpaired) electrons. The zero-order valence-electron chi connectivity index (χ0n) is 25.4. The highest BCUT2D eigenvalue weighted by atomic mass is 19.4. The first-order valence-electron chi connectivity index (χ1n) is 14.4. The second-order valence-electron chi connectivity index (χ2n) is 10.7. The summed E-state index contributed by atoms with van der Waals surface area (Å²) in [5.41, 5.74) is 0.368. The lowest BCUT2D eigenvalue weighted by Gasteiger charge is -2.34. The number of benzene rings is 3. The van der Waals surface area contributed by atoms with Gasteiger partial charge >= 0.3 is 6.18 Å². The van der Waals surface area contributed by atoms with Crippen LogP contribution >= 0.6 is 0 Å². The van der Waals surface area contributed by atoms with Gasteiger partial charge in [0.25, 0.3) is 5.91 Å². The van der Waals surface area contributed by atoms with E-state index in [-0.39, 0.29) is 29.4 Å². The van der Waals surface area contributed by atoms with Gasteiger partial charge in [-0.3, -0.25) is 9.69 Å². The topological polar surface area (TPSA) is 91.9 Å². The summed E-state index contributed by atoms with van der Waals surface area (Å²) in [7, 11) is 3.26. The van der Waals surface area contributed by atoms with Crippen LogP contribution in [0.4, 0.5) is 28.9 Å². The Labute approximate surface area is 258 Å². The number of halogens is 4. The quantitative estimate of drug-likeness (QED) is 0.209. The zero-order chi connectivity index (χ0) is 32.3. The van der Waals surface area contributed by atoms with Gasteiger partial charge in [-0.05, 0) is 61.0 Å². The molecule has 1 aliphatic heterocycles. The number of nitrogens with zero attached hydrogens (tertiary/aromatic N) is 4. The van der Waals surface area contributed by atoms with Gasteiger partial charge in [0.05, 0.1) is 34.8 Å². The smallest absolute Gasteiger partial charge is 0.416 e. The Morgan fingerprint density at radius 1 is 1.00 bits per heavy atom. The molecule has 13 heteroatoms. The number of piperazine rings is 1. The van der Waals surface area contributed by atoms with Crippen LogP contribution in [0.2, 0.25) is 0 Å². The average molecular weight is 627 g/mol. The standard InChI is InChI=1S/C32H34F4N6O3/c1-5-41-8-10-42(11-9-41)17-20-6-7-21(13-24(20)32(34,35)36)40-30(43)22-14-28(19(2)12-25(22)33)45-31-23-15-29(44-4)27(37-3)16-26(23)38-18-39-31/h6-7,12-16,18,37H,5,8-11,17H2,1-4H3,(H,40,43). The van der Waals surface area contributed by atoms with Gasteiger partial charge in [0.2, 0.25) is 5.88 Å². The number of nitrogens with one attached hydrogen (secondary N) is 2. The lowest BCUT2D eigenvalue weighted by Crippen LogP contribution is -2.45. The van der Waals surface area contributed by atoms with Gasteiger partial charge in [-0.2, -0.15) is 13.2 Å². The Balaban J connectivity index is 1.39. The number of aromatic nitrogens is 2. The van der Waals surface area contributed by atoms with Crippen molar-refractivity contribution in [2.75, 3.05) is 57.5 Å². The molecule has 0 bridgehead atoms. The number of amides is 1. The normalized spacial score (nSPS) is 14.4. The highest BCUT2D eigenvalue weighted by Crippen LogP contribution is 2.37. The molecule has 238 valence electrons. The fourth-order valence-corrected chi connectivity index (χ4v) is 5.31. The van der Waals surface area contributed by atoms with Gasteiger partial charge in [-0.25, -0.2) is 14.4 Å². The second-order valence-corrected chi connectivity index (χ2v) is 10.7. The number of likely N-dealkylation sites (N-methyl/N-ethyl adjacent to an activating group) is 1. The Kier molecular flexibility index (Phi) is 9.40. The monoisotopic (exact) mass is 626 g/mol. The molecule has 2 heterocycles. The molecule has 9 nitrogen and oxygen atoms in total. The Bertz CT molecular complexity index is 1710. The number of aryl methyl sites for hydroxylation is 1. The van der Waals surface area contributed by atoms with Crippen molar-refractivity contribution in [3.8, 4) is 17.4 Å². The molecule has 1 saturated heterocycles. The van der Waals surface area contributed by atoms with E-state index in [9.17, 15) is 18.0 Å². The van der Waals surface area contributed by atoms with Crippen LogP contribution in [0.5, 0.6) is 17.4 Å². The molecule has 1 aromatic heterocycles. The minimum atomic E-state index is -4.64. The molecule has 0 unspecified atom stereocenters. The molecule has 0 atom stereocenters. The van der Waals surface area contributed by atoms with E-state index in [2.05, 4.69) is 32.4 Å². The molecule has 45 heavy (non-hydrogen) atoms. The van der Waals surface area contributed by atoms with Crippen molar-refractivity contribution >= 4 is 28.2 Å². The highest BCUT2D eigenvalue weighted by molar-refractivity contribution is 6.05. The van der Waals surface area contributed by atoms with Crippen molar-refractivity contribution in [2.45, 2.75) is 26.6 Å². The van der Waals surface area contributed by atoms with Crippen molar-refractivity contribution < 1.29 is 31.8 Å². The first kappa shape index (κ1) is 31.9. The second kappa shape index (κ2) is 13.2. The molecule has 1 aliphatic rings. The molecule has 0 saturated carbocycles. The largest absolute Gasteiger partial charge is 0.495 e. The summed E-state index contributed by atoms with van der Waals surface area (Å²) in [6.45, 7) is 7.59. The van der Waals surface area contributed by atoms with E-state index in [1.807, 2.05) is 4.90 Å². The third kappa shape index (κ3) is 7.10. The van der Waals surface area contributed by atoms with Gasteiger partial charge in [-0.1, -0.05) is 13.0 Å². The SMILES string of the molecule is CCN1CCN(Cc2ccc(NC(=O)c3cc(Oc4ncnc5cc(NC)c(OC)cc45)c(C)cc3F)cc2C(F)(F)F)CC1. The number of anilines is 2. The fourth-order valence-electron chi connectivity index (χ4n) is 5.31. The fraction of sp³-hybridized carbons (Fsp3) is 0.344. The van der Waals surface area contributed by atoms with Gasteiger partial charge < -0.3 is 25.0 Å². The summed E-state index contributed by atoms with van der Waals surface area (Å²) >= 11 is 0. The Morgan fingerprint density at radius 2 is 1.73 bits per heavy atom. The molecule has 3 aromatic carbocycles. The number of rotatable bonds is 9. The van der Waals surface area contributed by atoms with Crippen LogP contribution < -0.4 is 20.1 Å². The van der Waals surface area contributed by atoms with E-state index in [4.69, 9.17) is 9.47 Å². The van der Waals surface area contributed by atoms with Gasteiger partial charge in [0.15, 0.2) is 0 Å². The third-order valence-corrected chi connectivity index (χ3v) is 7.88. The maximum Gasteiger partial charge on any atom is 0.416 e. The highest BCUT2D eigenvalue weighted by Gasteiger charge is 2.34. The minimum absolute atomic E-state index is 0.108. The number of alkyl halides is 3. The van der Waals surface area contributed by atoms with Crippen LogP contribution in [0.3, 0.4) is 0 Å². The Morgan fingerprint density at radius 3 is 2.40 bits per heavy atom. The van der Waals surface area contributed by atoms with E-state index in [1.54, 1.807) is 26.1 Å².